The van der Waals surface area contributed by atoms with Crippen LogP contribution in [-0.2, 0) is 10.2 Å². The molecule has 0 spiro atoms. The molecule has 1 aromatic heterocycles. The molecule has 2 heterocycles. The third-order valence-electron chi connectivity index (χ3n) is 6.93. The quantitative estimate of drug-likeness (QED) is 0.475. The normalized spacial score (nSPS) is 29.9. The minimum absolute atomic E-state index is 0.0980. The zero-order chi connectivity index (χ0) is 19.3. The topological polar surface area (TPSA) is 51.8 Å². The van der Waals surface area contributed by atoms with Crippen LogP contribution in [0.4, 0.5) is 0 Å². The number of ether oxygens (including phenoxy) is 1. The third kappa shape index (κ3) is 2.01. The highest BCUT2D eigenvalue weighted by Crippen LogP contribution is 2.74. The van der Waals surface area contributed by atoms with Gasteiger partial charge in [0, 0.05) is 10.8 Å². The average Bonchev–Trinajstić information content (AvgIpc) is 2.92. The number of hydrogen-bond acceptors (Lipinski definition) is 4. The molecular weight excluding hydrogens is 350 g/mol. The van der Waals surface area contributed by atoms with E-state index < -0.39 is 0 Å². The molecule has 3 fully saturated rings. The van der Waals surface area contributed by atoms with E-state index in [1.807, 2.05) is 19.1 Å². The Kier molecular flexibility index (Phi) is 2.84. The Morgan fingerprint density at radius 3 is 2.39 bits per heavy atom. The van der Waals surface area contributed by atoms with Gasteiger partial charge in [-0.2, -0.15) is 0 Å². The third-order valence-corrected chi connectivity index (χ3v) is 6.93. The van der Waals surface area contributed by atoms with E-state index in [9.17, 15) is 4.79 Å². The molecule has 3 saturated carbocycles. The van der Waals surface area contributed by atoms with Gasteiger partial charge in [-0.05, 0) is 74.1 Å². The molecule has 0 N–H and O–H groups in total. The van der Waals surface area contributed by atoms with Crippen LogP contribution in [0.15, 0.2) is 50.6 Å². The largest absolute Gasteiger partial charge is 0.478 e. The van der Waals surface area contributed by atoms with Crippen LogP contribution >= 0.6 is 0 Å². The summed E-state index contributed by atoms with van der Waals surface area (Å²) in [6.45, 7) is 6.93. The average molecular weight is 373 g/mol. The van der Waals surface area contributed by atoms with Crippen molar-refractivity contribution in [3.63, 3.8) is 0 Å². The maximum absolute atomic E-state index is 12.6. The Morgan fingerprint density at radius 2 is 1.68 bits per heavy atom. The molecule has 1 aliphatic heterocycles. The fourth-order valence-corrected chi connectivity index (χ4v) is 5.55. The van der Waals surface area contributed by atoms with Crippen molar-refractivity contribution in [1.82, 2.24) is 0 Å². The smallest absolute Gasteiger partial charge is 0.344 e. The number of hydrogen-bond donors (Lipinski definition) is 0. The van der Waals surface area contributed by atoms with Gasteiger partial charge in [0.2, 0.25) is 0 Å². The summed E-state index contributed by atoms with van der Waals surface area (Å²) in [4.78, 5) is 17.5. The SMILES string of the molecule is Cc1ccc2c(c1)oc(=O)c1cc(C34CC(C5=NC(C)(C)CO5)(C3)C4)ccc12. The van der Waals surface area contributed by atoms with Crippen LogP contribution in [0.1, 0.15) is 44.2 Å². The first-order valence-electron chi connectivity index (χ1n) is 10.0. The predicted octanol–water partition coefficient (Wildman–Crippen LogP) is 4.88. The molecule has 3 aromatic rings. The fourth-order valence-electron chi connectivity index (χ4n) is 5.55. The summed E-state index contributed by atoms with van der Waals surface area (Å²) in [6, 6.07) is 12.4. The van der Waals surface area contributed by atoms with Gasteiger partial charge in [-0.3, -0.25) is 0 Å². The summed E-state index contributed by atoms with van der Waals surface area (Å²) < 4.78 is 11.5. The molecule has 142 valence electrons. The zero-order valence-corrected chi connectivity index (χ0v) is 16.5. The molecular formula is C24H23NO3. The number of benzene rings is 2. The van der Waals surface area contributed by atoms with Gasteiger partial charge in [0.15, 0.2) is 5.90 Å². The Bertz CT molecular complexity index is 1240. The summed E-state index contributed by atoms with van der Waals surface area (Å²) in [5.74, 6) is 0.959. The molecule has 4 heteroatoms. The first-order valence-corrected chi connectivity index (χ1v) is 10.0. The van der Waals surface area contributed by atoms with Gasteiger partial charge < -0.3 is 9.15 Å². The molecule has 0 unspecified atom stereocenters. The van der Waals surface area contributed by atoms with Crippen LogP contribution in [0.3, 0.4) is 0 Å². The van der Waals surface area contributed by atoms with Crippen LogP contribution in [0.2, 0.25) is 0 Å². The van der Waals surface area contributed by atoms with Crippen molar-refractivity contribution < 1.29 is 9.15 Å². The summed E-state index contributed by atoms with van der Waals surface area (Å²) in [6.07, 6.45) is 3.20. The van der Waals surface area contributed by atoms with Crippen LogP contribution in [-0.4, -0.2) is 18.0 Å². The monoisotopic (exact) mass is 373 g/mol. The Labute approximate surface area is 163 Å². The lowest BCUT2D eigenvalue weighted by Crippen LogP contribution is -2.68. The van der Waals surface area contributed by atoms with Crippen molar-refractivity contribution in [2.45, 2.75) is 51.0 Å². The first kappa shape index (κ1) is 16.3. The summed E-state index contributed by atoms with van der Waals surface area (Å²) >= 11 is 0. The molecule has 4 nitrogen and oxygen atoms in total. The van der Waals surface area contributed by atoms with Gasteiger partial charge >= 0.3 is 5.63 Å². The van der Waals surface area contributed by atoms with Gasteiger partial charge in [0.1, 0.15) is 12.2 Å². The molecule has 0 radical (unpaired) electrons. The van der Waals surface area contributed by atoms with E-state index in [2.05, 4.69) is 38.1 Å². The Hall–Kier alpha value is -2.62. The lowest BCUT2D eigenvalue weighted by molar-refractivity contribution is -0.0950. The Balaban J connectivity index is 1.38. The number of fused-ring (bicyclic) bond motifs is 3. The van der Waals surface area contributed by atoms with Crippen molar-refractivity contribution in [3.05, 3.63) is 57.9 Å². The van der Waals surface area contributed by atoms with Crippen molar-refractivity contribution in [2.75, 3.05) is 6.61 Å². The van der Waals surface area contributed by atoms with E-state index in [-0.39, 0.29) is 22.0 Å². The first-order chi connectivity index (χ1) is 13.3. The van der Waals surface area contributed by atoms with Crippen molar-refractivity contribution in [3.8, 4) is 0 Å². The standard InChI is InChI=1S/C24H23NO3/c1-14-4-6-17-16-7-5-15(9-18(16)20(26)28-19(17)8-14)23-10-24(11-23,12-23)21-25-22(2,3)13-27-21/h4-9H,10-13H2,1-3H3. The molecule has 0 saturated heterocycles. The molecule has 7 rings (SSSR count). The van der Waals surface area contributed by atoms with Crippen molar-refractivity contribution in [2.24, 2.45) is 10.4 Å². The second kappa shape index (κ2) is 4.86. The van der Waals surface area contributed by atoms with Crippen LogP contribution < -0.4 is 5.63 Å². The van der Waals surface area contributed by atoms with E-state index in [1.165, 1.54) is 5.56 Å². The maximum Gasteiger partial charge on any atom is 0.344 e. The van der Waals surface area contributed by atoms with Crippen LogP contribution in [0, 0.1) is 12.3 Å². The fraction of sp³-hybridized carbons (Fsp3) is 0.417. The van der Waals surface area contributed by atoms with E-state index in [0.717, 1.165) is 41.5 Å². The van der Waals surface area contributed by atoms with Gasteiger partial charge in [-0.15, -0.1) is 0 Å². The highest BCUT2D eigenvalue weighted by Gasteiger charge is 2.72. The molecule has 2 bridgehead atoms. The van der Waals surface area contributed by atoms with Gasteiger partial charge in [0.05, 0.1) is 10.9 Å². The van der Waals surface area contributed by atoms with Crippen molar-refractivity contribution in [1.29, 1.82) is 0 Å². The van der Waals surface area contributed by atoms with Gasteiger partial charge in [-0.1, -0.05) is 24.3 Å². The van der Waals surface area contributed by atoms with E-state index in [1.54, 1.807) is 0 Å². The van der Waals surface area contributed by atoms with Crippen LogP contribution in [0.25, 0.3) is 21.7 Å². The van der Waals surface area contributed by atoms with E-state index in [0.29, 0.717) is 17.6 Å². The molecule has 2 aromatic carbocycles. The lowest BCUT2D eigenvalue weighted by Gasteiger charge is -2.70. The summed E-state index contributed by atoms with van der Waals surface area (Å²) in [5, 5.41) is 2.65. The second-order valence-corrected chi connectivity index (χ2v) is 9.76. The van der Waals surface area contributed by atoms with Gasteiger partial charge in [-0.25, -0.2) is 9.79 Å². The zero-order valence-electron chi connectivity index (χ0n) is 16.5. The lowest BCUT2D eigenvalue weighted by atomic mass is 9.33. The molecule has 28 heavy (non-hydrogen) atoms. The summed E-state index contributed by atoms with van der Waals surface area (Å²) in [5.41, 5.74) is 2.95. The van der Waals surface area contributed by atoms with E-state index >= 15 is 0 Å². The minimum atomic E-state index is -0.249. The number of nitrogens with zero attached hydrogens (tertiary/aromatic N) is 1. The molecule has 0 amide bonds. The number of aryl methyl sites for hydroxylation is 1. The molecule has 0 atom stereocenters. The summed E-state index contributed by atoms with van der Waals surface area (Å²) in [7, 11) is 0. The predicted molar refractivity (Wildman–Crippen MR) is 110 cm³/mol. The van der Waals surface area contributed by atoms with Crippen molar-refractivity contribution >= 4 is 27.6 Å². The number of aliphatic imine (C=N–C) groups is 1. The van der Waals surface area contributed by atoms with E-state index in [4.69, 9.17) is 14.1 Å². The highest BCUT2D eigenvalue weighted by atomic mass is 16.5. The maximum atomic E-state index is 12.6. The molecule has 4 aliphatic rings. The Morgan fingerprint density at radius 1 is 0.929 bits per heavy atom. The highest BCUT2D eigenvalue weighted by molar-refractivity contribution is 6.04. The minimum Gasteiger partial charge on any atom is -0.478 e. The number of rotatable bonds is 2. The van der Waals surface area contributed by atoms with Crippen LogP contribution in [0.5, 0.6) is 0 Å². The second-order valence-electron chi connectivity index (χ2n) is 9.76. The van der Waals surface area contributed by atoms with Gasteiger partial charge in [0.25, 0.3) is 0 Å². The molecule has 3 aliphatic carbocycles.